The van der Waals surface area contributed by atoms with Gasteiger partial charge in [0.25, 0.3) is 0 Å². The smallest absolute Gasteiger partial charge is 0.208 e. The molecule has 1 heterocycles. The van der Waals surface area contributed by atoms with Crippen LogP contribution in [-0.4, -0.2) is 56.1 Å². The fraction of sp³-hybridized carbons (Fsp3) is 0.294. The Morgan fingerprint density at radius 2 is 1.37 bits per heavy atom. The Morgan fingerprint density at radius 3 is 1.89 bits per heavy atom. The number of ether oxygens (including phenoxy) is 3. The molecule has 0 bridgehead atoms. The molecule has 3 atom stereocenters. The van der Waals surface area contributed by atoms with Crippen molar-refractivity contribution in [2.45, 2.75) is 18.3 Å². The average molecular weight is 382 g/mol. The highest BCUT2D eigenvalue weighted by Crippen LogP contribution is 2.58. The van der Waals surface area contributed by atoms with E-state index in [0.29, 0.717) is 0 Å². The number of benzene rings is 2. The lowest BCUT2D eigenvalue weighted by Gasteiger charge is -2.36. The minimum absolute atomic E-state index is 0.0110. The minimum atomic E-state index is -1.69. The first-order valence-corrected chi connectivity index (χ1v) is 7.70. The minimum Gasteiger partial charge on any atom is -0.504 e. The summed E-state index contributed by atoms with van der Waals surface area (Å²) in [5.41, 5.74) is -0.255. The maximum atomic E-state index is 10.5. The molecule has 1 aliphatic heterocycles. The van der Waals surface area contributed by atoms with Crippen molar-refractivity contribution in [3.63, 3.8) is 0 Å². The van der Waals surface area contributed by atoms with Crippen LogP contribution in [0.4, 0.5) is 0 Å². The molecule has 3 rings (SSSR count). The summed E-state index contributed by atoms with van der Waals surface area (Å²) in [6.45, 7) is 0. The number of phenolic OH excluding ortho intramolecular Hbond substituents is 5. The summed E-state index contributed by atoms with van der Waals surface area (Å²) in [7, 11) is 2.39. The molecule has 1 aliphatic rings. The molecule has 10 nitrogen and oxygen atoms in total. The highest BCUT2D eigenvalue weighted by Gasteiger charge is 2.43. The van der Waals surface area contributed by atoms with Gasteiger partial charge in [0.2, 0.25) is 17.2 Å². The van der Waals surface area contributed by atoms with E-state index >= 15 is 0 Å². The van der Waals surface area contributed by atoms with Gasteiger partial charge in [-0.1, -0.05) is 0 Å². The van der Waals surface area contributed by atoms with Gasteiger partial charge in [0, 0.05) is 5.56 Å². The number of aliphatic hydroxyl groups is 2. The standard InChI is InChI=1S/C17H18O10/c1-25-16-11(22)8-10(21)12(23)14(27-15(8)17(26-2)13(16)24)5-3-6(18)9(20)7(19)4-5/h3-4,10,12,14,18-24H,1-2H3/t10-,12+,14-/m1/s1. The van der Waals surface area contributed by atoms with Crippen molar-refractivity contribution in [1.29, 1.82) is 0 Å². The Balaban J connectivity index is 2.20. The number of aromatic hydroxyl groups is 5. The lowest BCUT2D eigenvalue weighted by molar-refractivity contribution is -0.0722. The van der Waals surface area contributed by atoms with Gasteiger partial charge in [0.1, 0.15) is 12.2 Å². The quantitative estimate of drug-likeness (QED) is 0.376. The summed E-state index contributed by atoms with van der Waals surface area (Å²) >= 11 is 0. The van der Waals surface area contributed by atoms with E-state index in [1.807, 2.05) is 0 Å². The van der Waals surface area contributed by atoms with Crippen molar-refractivity contribution in [1.82, 2.24) is 0 Å². The molecule has 0 unspecified atom stereocenters. The van der Waals surface area contributed by atoms with Gasteiger partial charge < -0.3 is 50.0 Å². The zero-order valence-corrected chi connectivity index (χ0v) is 14.2. The van der Waals surface area contributed by atoms with Crippen LogP contribution in [0.2, 0.25) is 0 Å². The van der Waals surface area contributed by atoms with Crippen LogP contribution in [0.3, 0.4) is 0 Å². The van der Waals surface area contributed by atoms with Crippen LogP contribution in [-0.2, 0) is 0 Å². The number of fused-ring (bicyclic) bond motifs is 1. The Hall–Kier alpha value is -3.24. The summed E-state index contributed by atoms with van der Waals surface area (Å²) in [5, 5.41) is 70.3. The second-order valence-corrected chi connectivity index (χ2v) is 5.89. The van der Waals surface area contributed by atoms with E-state index in [-0.39, 0.29) is 28.4 Å². The van der Waals surface area contributed by atoms with Crippen LogP contribution in [0.1, 0.15) is 23.3 Å². The van der Waals surface area contributed by atoms with Crippen LogP contribution in [0.15, 0.2) is 12.1 Å². The molecule has 0 fully saturated rings. The zero-order valence-electron chi connectivity index (χ0n) is 14.2. The van der Waals surface area contributed by atoms with Crippen molar-refractivity contribution in [2.24, 2.45) is 0 Å². The van der Waals surface area contributed by atoms with Gasteiger partial charge in [-0.2, -0.15) is 0 Å². The summed E-state index contributed by atoms with van der Waals surface area (Å²) in [6.07, 6.45) is -4.68. The second-order valence-electron chi connectivity index (χ2n) is 5.89. The summed E-state index contributed by atoms with van der Waals surface area (Å²) in [6, 6.07) is 2.05. The topological polar surface area (TPSA) is 169 Å². The normalized spacial score (nSPS) is 21.3. The van der Waals surface area contributed by atoms with Crippen LogP contribution >= 0.6 is 0 Å². The maximum Gasteiger partial charge on any atom is 0.208 e. The third-order valence-corrected chi connectivity index (χ3v) is 4.35. The van der Waals surface area contributed by atoms with Gasteiger partial charge in [0.15, 0.2) is 34.9 Å². The van der Waals surface area contributed by atoms with Crippen molar-refractivity contribution in [3.05, 3.63) is 23.3 Å². The van der Waals surface area contributed by atoms with E-state index in [1.54, 1.807) is 0 Å². The fourth-order valence-electron chi connectivity index (χ4n) is 3.04. The summed E-state index contributed by atoms with van der Waals surface area (Å²) in [5.74, 6) is -4.24. The first kappa shape index (κ1) is 18.5. The van der Waals surface area contributed by atoms with Crippen molar-refractivity contribution >= 4 is 0 Å². The largest absolute Gasteiger partial charge is 0.504 e. The Labute approximate surface area is 152 Å². The van der Waals surface area contributed by atoms with Crippen LogP contribution in [0.25, 0.3) is 0 Å². The molecule has 0 saturated carbocycles. The van der Waals surface area contributed by atoms with Crippen molar-refractivity contribution < 1.29 is 50.0 Å². The second kappa shape index (κ2) is 6.49. The van der Waals surface area contributed by atoms with Crippen LogP contribution < -0.4 is 14.2 Å². The third kappa shape index (κ3) is 2.66. The molecule has 0 radical (unpaired) electrons. The van der Waals surface area contributed by atoms with Gasteiger partial charge in [-0.25, -0.2) is 0 Å². The first-order valence-electron chi connectivity index (χ1n) is 7.70. The Morgan fingerprint density at radius 1 is 0.815 bits per heavy atom. The molecule has 7 N–H and O–H groups in total. The molecule has 0 aromatic heterocycles. The molecule has 146 valence electrons. The van der Waals surface area contributed by atoms with E-state index in [4.69, 9.17) is 14.2 Å². The monoisotopic (exact) mass is 382 g/mol. The lowest BCUT2D eigenvalue weighted by Crippen LogP contribution is -2.34. The number of rotatable bonds is 3. The Kier molecular flexibility index (Phi) is 4.46. The van der Waals surface area contributed by atoms with E-state index in [9.17, 15) is 35.7 Å². The van der Waals surface area contributed by atoms with Crippen LogP contribution in [0.5, 0.6) is 46.0 Å². The number of aliphatic hydroxyl groups excluding tert-OH is 2. The SMILES string of the molecule is COc1c(O)c(OC)c2c(c1O)[C@@H](O)[C@H](O)[C@@H](c1cc(O)c(O)c(O)c1)O2. The predicted octanol–water partition coefficient (Wildman–Crippen LogP) is 0.760. The predicted molar refractivity (Wildman–Crippen MR) is 88.6 cm³/mol. The maximum absolute atomic E-state index is 10.5. The van der Waals surface area contributed by atoms with Gasteiger partial charge in [0.05, 0.1) is 19.8 Å². The highest BCUT2D eigenvalue weighted by molar-refractivity contribution is 5.70. The molecule has 0 amide bonds. The van der Waals surface area contributed by atoms with Crippen molar-refractivity contribution in [2.75, 3.05) is 14.2 Å². The number of phenols is 5. The third-order valence-electron chi connectivity index (χ3n) is 4.35. The molecule has 0 aliphatic carbocycles. The van der Waals surface area contributed by atoms with Gasteiger partial charge in [-0.15, -0.1) is 0 Å². The molecule has 2 aromatic carbocycles. The molecule has 2 aromatic rings. The fourth-order valence-corrected chi connectivity index (χ4v) is 3.04. The van der Waals surface area contributed by atoms with Crippen molar-refractivity contribution in [3.8, 4) is 46.0 Å². The lowest BCUT2D eigenvalue weighted by atomic mass is 9.90. The number of methoxy groups -OCH3 is 2. The number of hydrogen-bond acceptors (Lipinski definition) is 10. The first-order chi connectivity index (χ1) is 12.7. The Bertz CT molecular complexity index is 871. The molecular weight excluding hydrogens is 364 g/mol. The van der Waals surface area contributed by atoms with Gasteiger partial charge in [-0.05, 0) is 12.1 Å². The van der Waals surface area contributed by atoms with Gasteiger partial charge in [-0.3, -0.25) is 0 Å². The van der Waals surface area contributed by atoms with E-state index < -0.39 is 47.1 Å². The molecule has 0 spiro atoms. The molecular formula is C17H18O10. The summed E-state index contributed by atoms with van der Waals surface area (Å²) < 4.78 is 15.6. The zero-order chi connectivity index (χ0) is 20.0. The highest BCUT2D eigenvalue weighted by atomic mass is 16.5. The molecule has 10 heteroatoms. The summed E-state index contributed by atoms with van der Waals surface area (Å²) in [4.78, 5) is 0. The number of hydrogen-bond donors (Lipinski definition) is 7. The van der Waals surface area contributed by atoms with Crippen LogP contribution in [0, 0.1) is 0 Å². The average Bonchev–Trinajstić information content (AvgIpc) is 2.62. The molecule has 27 heavy (non-hydrogen) atoms. The van der Waals surface area contributed by atoms with E-state index in [2.05, 4.69) is 0 Å². The van der Waals surface area contributed by atoms with Gasteiger partial charge >= 0.3 is 0 Å². The van der Waals surface area contributed by atoms with E-state index in [0.717, 1.165) is 12.1 Å². The van der Waals surface area contributed by atoms with E-state index in [1.165, 1.54) is 14.2 Å². The molecule has 0 saturated heterocycles.